The number of hydrogen-bond acceptors (Lipinski definition) is 5. The molecule has 0 radical (unpaired) electrons. The Hall–Kier alpha value is -3.58. The third-order valence-electron chi connectivity index (χ3n) is 6.52. The summed E-state index contributed by atoms with van der Waals surface area (Å²) in [6.07, 6.45) is -0.940. The number of likely N-dealkylation sites (tertiary alicyclic amines) is 1. The highest BCUT2D eigenvalue weighted by molar-refractivity contribution is 6.42. The smallest absolute Gasteiger partial charge is 0.262 e. The Kier molecular flexibility index (Phi) is 5.80. The van der Waals surface area contributed by atoms with Gasteiger partial charge in [-0.2, -0.15) is 0 Å². The van der Waals surface area contributed by atoms with Gasteiger partial charge in [-0.15, -0.1) is 0 Å². The lowest BCUT2D eigenvalue weighted by molar-refractivity contribution is -0.143. The highest BCUT2D eigenvalue weighted by atomic mass is 35.5. The highest BCUT2D eigenvalue weighted by Crippen LogP contribution is 2.48. The summed E-state index contributed by atoms with van der Waals surface area (Å²) in [6.45, 7) is 0.194. The molecule has 180 valence electrons. The zero-order valence-electron chi connectivity index (χ0n) is 18.9. The van der Waals surface area contributed by atoms with Crippen molar-refractivity contribution < 1.29 is 18.8 Å². The number of amides is 2. The number of imide groups is 1. The van der Waals surface area contributed by atoms with E-state index < -0.39 is 18.1 Å². The van der Waals surface area contributed by atoms with Gasteiger partial charge in [0.15, 0.2) is 6.10 Å². The summed E-state index contributed by atoms with van der Waals surface area (Å²) in [4.78, 5) is 34.4. The van der Waals surface area contributed by atoms with Crippen LogP contribution >= 0.6 is 23.2 Å². The van der Waals surface area contributed by atoms with Crippen LogP contribution in [0.5, 0.6) is 0 Å². The van der Waals surface area contributed by atoms with Crippen LogP contribution in [0.15, 0.2) is 95.4 Å². The van der Waals surface area contributed by atoms with Crippen molar-refractivity contribution in [3.63, 3.8) is 0 Å². The highest BCUT2D eigenvalue weighted by Gasteiger charge is 2.60. The fourth-order valence-corrected chi connectivity index (χ4v) is 5.10. The van der Waals surface area contributed by atoms with Crippen LogP contribution in [0.1, 0.15) is 17.4 Å². The van der Waals surface area contributed by atoms with E-state index in [4.69, 9.17) is 32.5 Å². The largest absolute Gasteiger partial charge is 0.459 e. The molecule has 0 unspecified atom stereocenters. The quantitative estimate of drug-likeness (QED) is 0.290. The molecule has 4 aromatic rings. The van der Waals surface area contributed by atoms with E-state index in [0.717, 1.165) is 16.8 Å². The molecule has 3 atom stereocenters. The average molecular weight is 519 g/mol. The Balaban J connectivity index is 1.38. The van der Waals surface area contributed by atoms with Crippen LogP contribution in [-0.2, 0) is 21.0 Å². The molecule has 3 heterocycles. The van der Waals surface area contributed by atoms with E-state index in [1.807, 2.05) is 78.9 Å². The van der Waals surface area contributed by atoms with Gasteiger partial charge in [0.25, 0.3) is 5.91 Å². The first-order valence-corrected chi connectivity index (χ1v) is 12.2. The van der Waals surface area contributed by atoms with Gasteiger partial charge < -0.3 is 4.42 Å². The number of rotatable bonds is 5. The lowest BCUT2D eigenvalue weighted by Crippen LogP contribution is -2.36. The minimum Gasteiger partial charge on any atom is -0.459 e. The van der Waals surface area contributed by atoms with E-state index in [2.05, 4.69) is 0 Å². The Morgan fingerprint density at radius 2 is 1.50 bits per heavy atom. The molecule has 0 aliphatic carbocycles. The number of nitrogens with zero attached hydrogens (tertiary/aromatic N) is 2. The number of hydroxylamine groups is 1. The first-order chi connectivity index (χ1) is 17.5. The molecule has 2 amide bonds. The van der Waals surface area contributed by atoms with Crippen molar-refractivity contribution >= 4 is 40.7 Å². The SMILES string of the molecule is O=C1[C@@H]2[C@H](ON(c3ccccc3)[C@@H]2c2ccc(-c3ccc(Cl)c(Cl)c3)o2)C(=O)N1Cc1ccccc1. The maximum Gasteiger partial charge on any atom is 0.262 e. The van der Waals surface area contributed by atoms with E-state index in [-0.39, 0.29) is 18.4 Å². The summed E-state index contributed by atoms with van der Waals surface area (Å²) < 4.78 is 6.24. The molecule has 6 nitrogen and oxygen atoms in total. The van der Waals surface area contributed by atoms with Crippen molar-refractivity contribution in [2.24, 2.45) is 5.92 Å². The number of fused-ring (bicyclic) bond motifs is 1. The molecule has 2 saturated heterocycles. The summed E-state index contributed by atoms with van der Waals surface area (Å²) in [5, 5.41) is 2.47. The monoisotopic (exact) mass is 518 g/mol. The number of benzene rings is 3. The van der Waals surface area contributed by atoms with E-state index in [1.165, 1.54) is 4.90 Å². The van der Waals surface area contributed by atoms with Crippen LogP contribution in [0, 0.1) is 5.92 Å². The van der Waals surface area contributed by atoms with Crippen molar-refractivity contribution in [2.75, 3.05) is 5.06 Å². The molecule has 0 bridgehead atoms. The van der Waals surface area contributed by atoms with Gasteiger partial charge in [-0.3, -0.25) is 19.3 Å². The molecule has 8 heteroatoms. The van der Waals surface area contributed by atoms with Crippen LogP contribution in [0.4, 0.5) is 5.69 Å². The van der Waals surface area contributed by atoms with Crippen molar-refractivity contribution in [3.8, 4) is 11.3 Å². The van der Waals surface area contributed by atoms with E-state index >= 15 is 0 Å². The van der Waals surface area contributed by atoms with Crippen molar-refractivity contribution in [3.05, 3.63) is 112 Å². The number of hydrogen-bond donors (Lipinski definition) is 0. The molecule has 1 aromatic heterocycles. The maximum absolute atomic E-state index is 13.6. The summed E-state index contributed by atoms with van der Waals surface area (Å²) in [7, 11) is 0. The second-order valence-corrected chi connectivity index (χ2v) is 9.55. The van der Waals surface area contributed by atoms with E-state index in [1.54, 1.807) is 17.2 Å². The van der Waals surface area contributed by atoms with Crippen molar-refractivity contribution in [1.29, 1.82) is 0 Å². The molecule has 3 aromatic carbocycles. The summed E-state index contributed by atoms with van der Waals surface area (Å²) in [5.41, 5.74) is 2.34. The lowest BCUT2D eigenvalue weighted by atomic mass is 9.94. The average Bonchev–Trinajstić information content (AvgIpc) is 3.59. The van der Waals surface area contributed by atoms with Gasteiger partial charge in [0.05, 0.1) is 22.3 Å². The number of furan rings is 1. The predicted octanol–water partition coefficient (Wildman–Crippen LogP) is 6.30. The molecular formula is C28H20Cl2N2O4. The molecule has 0 spiro atoms. The van der Waals surface area contributed by atoms with Gasteiger partial charge in [0, 0.05) is 5.56 Å². The molecule has 36 heavy (non-hydrogen) atoms. The minimum atomic E-state index is -0.940. The third-order valence-corrected chi connectivity index (χ3v) is 7.26. The number of carbonyl (C=O) groups excluding carboxylic acids is 2. The van der Waals surface area contributed by atoms with Gasteiger partial charge >= 0.3 is 0 Å². The van der Waals surface area contributed by atoms with Crippen LogP contribution in [-0.4, -0.2) is 22.8 Å². The number of para-hydroxylation sites is 1. The van der Waals surface area contributed by atoms with E-state index in [0.29, 0.717) is 21.6 Å². The number of carbonyl (C=O) groups is 2. The zero-order chi connectivity index (χ0) is 24.8. The van der Waals surface area contributed by atoms with Gasteiger partial charge in [0.2, 0.25) is 5.91 Å². The fourth-order valence-electron chi connectivity index (χ4n) is 4.80. The van der Waals surface area contributed by atoms with Gasteiger partial charge in [-0.1, -0.05) is 71.7 Å². The van der Waals surface area contributed by atoms with Gasteiger partial charge in [-0.25, -0.2) is 5.06 Å². The van der Waals surface area contributed by atoms with Crippen LogP contribution in [0.25, 0.3) is 11.3 Å². The van der Waals surface area contributed by atoms with Gasteiger partial charge in [0.1, 0.15) is 23.5 Å². The maximum atomic E-state index is 13.6. The fraction of sp³-hybridized carbons (Fsp3) is 0.143. The zero-order valence-corrected chi connectivity index (χ0v) is 20.4. The molecule has 2 fully saturated rings. The third kappa shape index (κ3) is 3.88. The lowest BCUT2D eigenvalue weighted by Gasteiger charge is -2.27. The second kappa shape index (κ2) is 9.13. The van der Waals surface area contributed by atoms with Crippen molar-refractivity contribution in [1.82, 2.24) is 4.90 Å². The number of anilines is 1. The Morgan fingerprint density at radius 3 is 2.22 bits per heavy atom. The van der Waals surface area contributed by atoms with Crippen LogP contribution in [0.2, 0.25) is 10.0 Å². The topological polar surface area (TPSA) is 63.0 Å². The standard InChI is InChI=1S/C28H20Cl2N2O4/c29-20-12-11-18(15-21(20)30)22-13-14-23(35-22)25-24-26(36-32(25)19-9-5-2-6-10-19)28(34)31(27(24)33)16-17-7-3-1-4-8-17/h1-15,24-26H,16H2/t24-,25+,26-/m0/s1. The summed E-state index contributed by atoms with van der Waals surface area (Å²) in [5.74, 6) is -0.319. The van der Waals surface area contributed by atoms with Crippen LogP contribution < -0.4 is 5.06 Å². The van der Waals surface area contributed by atoms with Gasteiger partial charge in [-0.05, 0) is 48.0 Å². The molecule has 2 aliphatic heterocycles. The molecule has 6 rings (SSSR count). The second-order valence-electron chi connectivity index (χ2n) is 8.74. The van der Waals surface area contributed by atoms with Crippen LogP contribution in [0.3, 0.4) is 0 Å². The normalized spacial score (nSPS) is 21.3. The summed E-state index contributed by atoms with van der Waals surface area (Å²) >= 11 is 12.3. The Labute approximate surface area is 217 Å². The van der Waals surface area contributed by atoms with Crippen molar-refractivity contribution in [2.45, 2.75) is 18.7 Å². The molecule has 0 saturated carbocycles. The Bertz CT molecular complexity index is 1440. The number of halogens is 2. The molecule has 2 aliphatic rings. The Morgan fingerprint density at radius 1 is 0.778 bits per heavy atom. The summed E-state index contributed by atoms with van der Waals surface area (Å²) in [6, 6.07) is 27.0. The first kappa shape index (κ1) is 22.9. The predicted molar refractivity (Wildman–Crippen MR) is 136 cm³/mol. The molecule has 0 N–H and O–H groups in total. The van der Waals surface area contributed by atoms with E-state index in [9.17, 15) is 9.59 Å². The molecular weight excluding hydrogens is 499 g/mol. The minimum absolute atomic E-state index is 0.194. The first-order valence-electron chi connectivity index (χ1n) is 11.5.